The predicted molar refractivity (Wildman–Crippen MR) is 142 cm³/mol. The van der Waals surface area contributed by atoms with Gasteiger partial charge < -0.3 is 29.7 Å². The van der Waals surface area contributed by atoms with Crippen LogP contribution in [0.15, 0.2) is 57.7 Å². The normalized spacial score (nSPS) is 12.8. The number of phenolic OH excluding ortho intramolecular Hbond substituents is 1. The van der Waals surface area contributed by atoms with Gasteiger partial charge >= 0.3 is 0 Å². The smallest absolute Gasteiger partial charge is 0.227 e. The quantitative estimate of drug-likeness (QED) is 0.240. The number of imidazole rings is 1. The van der Waals surface area contributed by atoms with Gasteiger partial charge in [0.15, 0.2) is 17.3 Å². The lowest BCUT2D eigenvalue weighted by atomic mass is 9.91. The van der Waals surface area contributed by atoms with Gasteiger partial charge in [-0.25, -0.2) is 4.98 Å². The Hall–Kier alpha value is -3.92. The van der Waals surface area contributed by atoms with E-state index in [4.69, 9.17) is 9.15 Å². The molecule has 0 aliphatic rings. The van der Waals surface area contributed by atoms with Crippen LogP contribution >= 0.6 is 11.8 Å². The number of hydrogen-bond donors (Lipinski definition) is 4. The first-order chi connectivity index (χ1) is 17.8. The molecule has 0 spiro atoms. The number of carbonyl (C=O) groups is 1. The number of benzene rings is 2. The van der Waals surface area contributed by atoms with Gasteiger partial charge in [0.2, 0.25) is 17.1 Å². The number of methoxy groups -OCH3 is 1. The third kappa shape index (κ3) is 5.91. The summed E-state index contributed by atoms with van der Waals surface area (Å²) < 4.78 is 11.0. The lowest BCUT2D eigenvalue weighted by molar-refractivity contribution is -0.122. The number of aromatic hydroxyl groups is 2. The van der Waals surface area contributed by atoms with Crippen molar-refractivity contribution in [2.75, 3.05) is 19.1 Å². The van der Waals surface area contributed by atoms with Crippen LogP contribution in [0.4, 0.5) is 0 Å². The number of rotatable bonds is 10. The molecule has 4 N–H and O–H groups in total. The van der Waals surface area contributed by atoms with Gasteiger partial charge in [-0.05, 0) is 55.2 Å². The van der Waals surface area contributed by atoms with E-state index in [9.17, 15) is 19.8 Å². The second kappa shape index (κ2) is 11.4. The highest BCUT2D eigenvalue weighted by Gasteiger charge is 2.28. The average Bonchev–Trinajstić information content (AvgIpc) is 3.32. The number of aromatic nitrogens is 2. The maximum atomic E-state index is 13.4. The van der Waals surface area contributed by atoms with Gasteiger partial charge in [0, 0.05) is 12.5 Å². The van der Waals surface area contributed by atoms with Crippen molar-refractivity contribution in [3.8, 4) is 17.2 Å². The third-order valence-corrected chi connectivity index (χ3v) is 6.71. The van der Waals surface area contributed by atoms with Gasteiger partial charge in [0.1, 0.15) is 11.6 Å². The molecule has 10 heteroatoms. The largest absolute Gasteiger partial charge is 0.504 e. The van der Waals surface area contributed by atoms with Gasteiger partial charge in [-0.3, -0.25) is 9.59 Å². The van der Waals surface area contributed by atoms with Crippen LogP contribution in [0.25, 0.3) is 11.0 Å². The topological polar surface area (TPSA) is 138 Å². The molecule has 0 aliphatic carbocycles. The molecule has 0 bridgehead atoms. The van der Waals surface area contributed by atoms with Crippen molar-refractivity contribution in [3.63, 3.8) is 0 Å². The number of nitrogens with one attached hydrogen (secondary N) is 2. The molecule has 37 heavy (non-hydrogen) atoms. The fourth-order valence-electron chi connectivity index (χ4n) is 4.22. The third-order valence-electron chi connectivity index (χ3n) is 6.07. The number of hydrogen-bond acceptors (Lipinski definition) is 8. The van der Waals surface area contributed by atoms with Crippen molar-refractivity contribution < 1.29 is 24.2 Å². The maximum absolute atomic E-state index is 13.4. The summed E-state index contributed by atoms with van der Waals surface area (Å²) in [5, 5.41) is 23.7. The van der Waals surface area contributed by atoms with Crippen molar-refractivity contribution in [2.24, 2.45) is 0 Å². The van der Waals surface area contributed by atoms with Crippen molar-refractivity contribution >= 4 is 28.7 Å². The van der Waals surface area contributed by atoms with E-state index in [1.54, 1.807) is 30.8 Å². The van der Waals surface area contributed by atoms with Gasteiger partial charge in [0.25, 0.3) is 0 Å². The number of ether oxygens (including phenoxy) is 1. The van der Waals surface area contributed by atoms with E-state index in [1.165, 1.54) is 19.2 Å². The van der Waals surface area contributed by atoms with Crippen molar-refractivity contribution in [1.29, 1.82) is 0 Å². The lowest BCUT2D eigenvalue weighted by Crippen LogP contribution is -2.31. The zero-order valence-electron chi connectivity index (χ0n) is 20.8. The molecule has 0 saturated carbocycles. The molecular weight excluding hydrogens is 494 g/mol. The number of carbonyl (C=O) groups excluding carboxylic acids is 1. The molecule has 0 fully saturated rings. The van der Waals surface area contributed by atoms with Crippen LogP contribution < -0.4 is 15.5 Å². The Morgan fingerprint density at radius 2 is 2.00 bits per heavy atom. The first kappa shape index (κ1) is 26.2. The van der Waals surface area contributed by atoms with Crippen LogP contribution in [-0.4, -0.2) is 45.2 Å². The van der Waals surface area contributed by atoms with Gasteiger partial charge in [-0.2, -0.15) is 11.8 Å². The summed E-state index contributed by atoms with van der Waals surface area (Å²) >= 11 is 1.66. The monoisotopic (exact) mass is 523 g/mol. The molecule has 0 aliphatic heterocycles. The zero-order chi connectivity index (χ0) is 26.5. The molecule has 0 radical (unpaired) electrons. The molecule has 4 aromatic rings. The van der Waals surface area contributed by atoms with Crippen LogP contribution in [0.1, 0.15) is 47.7 Å². The van der Waals surface area contributed by atoms with E-state index in [0.717, 1.165) is 16.8 Å². The summed E-state index contributed by atoms with van der Waals surface area (Å²) in [7, 11) is 1.41. The molecule has 4 rings (SSSR count). The van der Waals surface area contributed by atoms with E-state index >= 15 is 0 Å². The minimum absolute atomic E-state index is 0.0303. The number of nitrogens with zero attached hydrogens (tertiary/aromatic N) is 1. The first-order valence-corrected chi connectivity index (χ1v) is 13.1. The van der Waals surface area contributed by atoms with Crippen LogP contribution in [0.2, 0.25) is 0 Å². The maximum Gasteiger partial charge on any atom is 0.227 e. The van der Waals surface area contributed by atoms with Crippen molar-refractivity contribution in [3.05, 3.63) is 81.7 Å². The number of H-pyrrole nitrogens is 1. The molecule has 0 unspecified atom stereocenters. The molecule has 2 aromatic carbocycles. The number of amides is 1. The molecule has 1 amide bonds. The highest BCUT2D eigenvalue weighted by Crippen LogP contribution is 2.37. The highest BCUT2D eigenvalue weighted by molar-refractivity contribution is 7.98. The molecular formula is C27H29N3O6S. The van der Waals surface area contributed by atoms with Crippen molar-refractivity contribution in [1.82, 2.24) is 15.3 Å². The minimum atomic E-state index is -0.820. The van der Waals surface area contributed by atoms with E-state index in [1.807, 2.05) is 30.5 Å². The standard InChI is InChI=1S/C27H29N3O6S/c1-15-12-22(32)25(34)26(36-15)17(16-8-9-21(31)23(13-16)35-2)14-24(33)28-20(10-11-37-3)27-29-18-6-4-5-7-19(18)30-27/h4-9,12-13,17,20,31,34H,10-11,14H2,1-3H3,(H,28,33)(H,29,30)/t17-,20-/m0/s1. The number of aromatic amines is 1. The van der Waals surface area contributed by atoms with E-state index < -0.39 is 17.1 Å². The van der Waals surface area contributed by atoms with E-state index in [0.29, 0.717) is 23.6 Å². The van der Waals surface area contributed by atoms with Gasteiger partial charge in [-0.1, -0.05) is 18.2 Å². The second-order valence-corrected chi connectivity index (χ2v) is 9.65. The van der Waals surface area contributed by atoms with Crippen LogP contribution in [0.3, 0.4) is 0 Å². The molecule has 9 nitrogen and oxygen atoms in total. The first-order valence-electron chi connectivity index (χ1n) is 11.7. The highest BCUT2D eigenvalue weighted by atomic mass is 32.2. The van der Waals surface area contributed by atoms with Crippen LogP contribution in [0, 0.1) is 6.92 Å². The van der Waals surface area contributed by atoms with Gasteiger partial charge in [0.05, 0.1) is 30.1 Å². The SMILES string of the molecule is COc1cc([C@H](CC(=O)N[C@@H](CCSC)c2nc3ccccc3[nH]2)c2oc(C)cc(=O)c2O)ccc1O. The Morgan fingerprint density at radius 3 is 2.73 bits per heavy atom. The molecule has 2 aromatic heterocycles. The number of phenols is 1. The van der Waals surface area contributed by atoms with Gasteiger partial charge in [-0.15, -0.1) is 0 Å². The number of thioether (sulfide) groups is 1. The van der Waals surface area contributed by atoms with Crippen molar-refractivity contribution in [2.45, 2.75) is 31.7 Å². The Bertz CT molecular complexity index is 1430. The van der Waals surface area contributed by atoms with E-state index in [-0.39, 0.29) is 35.6 Å². The Labute approximate surface area is 217 Å². The van der Waals surface area contributed by atoms with Crippen LogP contribution in [0.5, 0.6) is 17.2 Å². The number of aryl methyl sites for hydroxylation is 1. The Morgan fingerprint density at radius 1 is 1.22 bits per heavy atom. The summed E-state index contributed by atoms with van der Waals surface area (Å²) in [6.07, 6.45) is 2.51. The minimum Gasteiger partial charge on any atom is -0.504 e. The summed E-state index contributed by atoms with van der Waals surface area (Å²) in [4.78, 5) is 33.7. The number of fused-ring (bicyclic) bond motifs is 1. The summed E-state index contributed by atoms with van der Waals surface area (Å²) in [6.45, 7) is 1.60. The van der Waals surface area contributed by atoms with E-state index in [2.05, 4.69) is 15.3 Å². The fraction of sp³-hybridized carbons (Fsp3) is 0.296. The summed E-state index contributed by atoms with van der Waals surface area (Å²) in [5.41, 5.74) is 1.61. The van der Waals surface area contributed by atoms with Crippen LogP contribution in [-0.2, 0) is 4.79 Å². The predicted octanol–water partition coefficient (Wildman–Crippen LogP) is 4.38. The summed E-state index contributed by atoms with van der Waals surface area (Å²) in [5.74, 6) is 0.123. The molecule has 2 atom stereocenters. The second-order valence-electron chi connectivity index (χ2n) is 8.66. The zero-order valence-corrected chi connectivity index (χ0v) is 21.6. The average molecular weight is 524 g/mol. The number of para-hydroxylation sites is 2. The molecule has 194 valence electrons. The molecule has 0 saturated heterocycles. The summed E-state index contributed by atoms with van der Waals surface area (Å²) in [6, 6.07) is 13.0. The molecule has 2 heterocycles. The Balaban J connectivity index is 1.68. The lowest BCUT2D eigenvalue weighted by Gasteiger charge is -2.21. The Kier molecular flexibility index (Phi) is 8.08. The fourth-order valence-corrected chi connectivity index (χ4v) is 4.70.